The van der Waals surface area contributed by atoms with E-state index in [4.69, 9.17) is 0 Å². The SMILES string of the molecule is O=C1C(=O)N(c2nc3ccc(C(=O)O)cc3s2)C(c2cccnc2)/C1=C(\O)c1ccc(Br)cc1. The molecular weight excluding hydrogens is 522 g/mol. The predicted molar refractivity (Wildman–Crippen MR) is 130 cm³/mol. The number of aromatic nitrogens is 2. The minimum absolute atomic E-state index is 0.0780. The molecule has 3 heterocycles. The van der Waals surface area contributed by atoms with Crippen LogP contribution < -0.4 is 4.90 Å². The van der Waals surface area contributed by atoms with Crippen molar-refractivity contribution < 1.29 is 24.6 Å². The van der Waals surface area contributed by atoms with Gasteiger partial charge in [0.05, 0.1) is 27.4 Å². The van der Waals surface area contributed by atoms with Crippen molar-refractivity contribution in [1.29, 1.82) is 0 Å². The van der Waals surface area contributed by atoms with Gasteiger partial charge in [0, 0.05) is 22.4 Å². The number of carboxylic acids is 1. The number of nitrogens with zero attached hydrogens (tertiary/aromatic N) is 3. The molecule has 2 aromatic heterocycles. The standard InChI is InChI=1S/C24H14BrN3O5S/c25-15-6-3-12(4-7-15)20(29)18-19(14-2-1-9-26-11-14)28(22(31)21(18)30)24-27-16-8-5-13(23(32)33)10-17(16)34-24/h1-11,19,29H,(H,32,33)/b20-18+. The van der Waals surface area contributed by atoms with Gasteiger partial charge >= 0.3 is 11.9 Å². The number of halogens is 1. The van der Waals surface area contributed by atoms with E-state index in [1.54, 1.807) is 48.7 Å². The van der Waals surface area contributed by atoms with E-state index in [2.05, 4.69) is 25.9 Å². The Bertz CT molecular complexity index is 1500. The number of Topliss-reactive ketones (excluding diaryl/α,β-unsaturated/α-hetero) is 1. The number of hydrogen-bond donors (Lipinski definition) is 2. The number of hydrogen-bond acceptors (Lipinski definition) is 7. The number of anilines is 1. The summed E-state index contributed by atoms with van der Waals surface area (Å²) >= 11 is 4.43. The van der Waals surface area contributed by atoms with Crippen molar-refractivity contribution in [1.82, 2.24) is 9.97 Å². The van der Waals surface area contributed by atoms with Crippen LogP contribution in [0.25, 0.3) is 16.0 Å². The van der Waals surface area contributed by atoms with Gasteiger partial charge in [-0.25, -0.2) is 9.78 Å². The van der Waals surface area contributed by atoms with Crippen molar-refractivity contribution in [3.05, 3.63) is 93.7 Å². The summed E-state index contributed by atoms with van der Waals surface area (Å²) in [5, 5.41) is 20.6. The summed E-state index contributed by atoms with van der Waals surface area (Å²) in [6.07, 6.45) is 3.09. The van der Waals surface area contributed by atoms with Crippen LogP contribution in [0.1, 0.15) is 27.5 Å². The Morgan fingerprint density at radius 3 is 2.44 bits per heavy atom. The molecule has 2 N–H and O–H groups in total. The van der Waals surface area contributed by atoms with Crippen molar-refractivity contribution in [2.24, 2.45) is 0 Å². The van der Waals surface area contributed by atoms with Gasteiger partial charge < -0.3 is 10.2 Å². The zero-order valence-electron chi connectivity index (χ0n) is 17.2. The highest BCUT2D eigenvalue weighted by molar-refractivity contribution is 9.10. The zero-order chi connectivity index (χ0) is 24.0. The number of pyridine rings is 1. The third-order valence-corrected chi connectivity index (χ3v) is 6.94. The summed E-state index contributed by atoms with van der Waals surface area (Å²) in [7, 11) is 0. The maximum atomic E-state index is 13.2. The van der Waals surface area contributed by atoms with Gasteiger partial charge in [-0.2, -0.15) is 0 Å². The summed E-state index contributed by atoms with van der Waals surface area (Å²) in [6.45, 7) is 0. The molecule has 5 rings (SSSR count). The number of carbonyl (C=O) groups excluding carboxylic acids is 2. The molecule has 1 atom stereocenters. The molecule has 0 aliphatic carbocycles. The Balaban J connectivity index is 1.70. The van der Waals surface area contributed by atoms with E-state index in [-0.39, 0.29) is 22.0 Å². The number of ketones is 1. The molecule has 4 aromatic rings. The van der Waals surface area contributed by atoms with E-state index in [1.807, 2.05) is 0 Å². The van der Waals surface area contributed by atoms with Gasteiger partial charge in [-0.15, -0.1) is 0 Å². The molecule has 1 aliphatic heterocycles. The third kappa shape index (κ3) is 3.66. The number of rotatable bonds is 4. The Hall–Kier alpha value is -3.89. The van der Waals surface area contributed by atoms with E-state index >= 15 is 0 Å². The quantitative estimate of drug-likeness (QED) is 0.219. The van der Waals surface area contributed by atoms with Gasteiger partial charge in [-0.3, -0.25) is 19.5 Å². The molecule has 1 amide bonds. The average molecular weight is 536 g/mol. The van der Waals surface area contributed by atoms with Crippen LogP contribution in [0.2, 0.25) is 0 Å². The van der Waals surface area contributed by atoms with Crippen LogP contribution >= 0.6 is 27.3 Å². The van der Waals surface area contributed by atoms with Crippen LogP contribution in [0.3, 0.4) is 0 Å². The minimum Gasteiger partial charge on any atom is -0.507 e. The fourth-order valence-electron chi connectivity index (χ4n) is 3.79. The molecular formula is C24H14BrN3O5S. The summed E-state index contributed by atoms with van der Waals surface area (Å²) in [5.41, 5.74) is 1.40. The lowest BCUT2D eigenvalue weighted by Gasteiger charge is -2.22. The molecule has 10 heteroatoms. The minimum atomic E-state index is -1.08. The van der Waals surface area contributed by atoms with Gasteiger partial charge in [0.1, 0.15) is 5.76 Å². The summed E-state index contributed by atoms with van der Waals surface area (Å²) in [4.78, 5) is 47.6. The van der Waals surface area contributed by atoms with Crippen molar-refractivity contribution in [3.63, 3.8) is 0 Å². The number of carboxylic acid groups (broad SMARTS) is 1. The molecule has 1 unspecified atom stereocenters. The Kier molecular flexibility index (Phi) is 5.46. The third-order valence-electron chi connectivity index (χ3n) is 5.39. The maximum absolute atomic E-state index is 13.2. The van der Waals surface area contributed by atoms with Crippen molar-refractivity contribution in [2.45, 2.75) is 6.04 Å². The van der Waals surface area contributed by atoms with Crippen LogP contribution in [0, 0.1) is 0 Å². The predicted octanol–water partition coefficient (Wildman–Crippen LogP) is 4.78. The largest absolute Gasteiger partial charge is 0.507 e. The lowest BCUT2D eigenvalue weighted by Crippen LogP contribution is -2.29. The van der Waals surface area contributed by atoms with E-state index in [0.29, 0.717) is 21.3 Å². The highest BCUT2D eigenvalue weighted by Gasteiger charge is 2.48. The topological polar surface area (TPSA) is 121 Å². The second kappa shape index (κ2) is 8.47. The number of aliphatic hydroxyl groups excluding tert-OH is 1. The first-order valence-electron chi connectivity index (χ1n) is 9.96. The highest BCUT2D eigenvalue weighted by atomic mass is 79.9. The lowest BCUT2D eigenvalue weighted by molar-refractivity contribution is -0.132. The monoisotopic (exact) mass is 535 g/mol. The molecule has 8 nitrogen and oxygen atoms in total. The van der Waals surface area contributed by atoms with Gasteiger partial charge in [0.2, 0.25) is 0 Å². The molecule has 168 valence electrons. The Morgan fingerprint density at radius 2 is 1.76 bits per heavy atom. The number of aliphatic hydroxyl groups is 1. The van der Waals surface area contributed by atoms with E-state index < -0.39 is 23.7 Å². The first-order valence-corrected chi connectivity index (χ1v) is 11.6. The van der Waals surface area contributed by atoms with Crippen LogP contribution in [0.5, 0.6) is 0 Å². The summed E-state index contributed by atoms with van der Waals surface area (Å²) in [5.74, 6) is -3.08. The molecule has 2 aromatic carbocycles. The fourth-order valence-corrected chi connectivity index (χ4v) is 5.09. The van der Waals surface area contributed by atoms with Gasteiger partial charge in [-0.05, 0) is 42.0 Å². The number of benzene rings is 2. The van der Waals surface area contributed by atoms with Crippen LogP contribution in [-0.2, 0) is 9.59 Å². The Morgan fingerprint density at radius 1 is 1.03 bits per heavy atom. The van der Waals surface area contributed by atoms with Gasteiger partial charge in [0.25, 0.3) is 5.78 Å². The van der Waals surface area contributed by atoms with E-state index in [1.165, 1.54) is 23.2 Å². The number of amides is 1. The molecule has 0 radical (unpaired) electrons. The molecule has 1 aliphatic rings. The number of thiazole rings is 1. The van der Waals surface area contributed by atoms with Crippen LogP contribution in [-0.4, -0.2) is 37.8 Å². The molecule has 1 saturated heterocycles. The van der Waals surface area contributed by atoms with Crippen molar-refractivity contribution in [3.8, 4) is 0 Å². The highest BCUT2D eigenvalue weighted by Crippen LogP contribution is 2.44. The lowest BCUT2D eigenvalue weighted by atomic mass is 9.96. The second-order valence-corrected chi connectivity index (χ2v) is 9.37. The first kappa shape index (κ1) is 21.9. The van der Waals surface area contributed by atoms with Crippen molar-refractivity contribution >= 4 is 66.0 Å². The summed E-state index contributed by atoms with van der Waals surface area (Å²) < 4.78 is 1.35. The Labute approximate surface area is 205 Å². The number of fused-ring (bicyclic) bond motifs is 1. The normalized spacial score (nSPS) is 17.4. The zero-order valence-corrected chi connectivity index (χ0v) is 19.6. The molecule has 0 bridgehead atoms. The maximum Gasteiger partial charge on any atom is 0.335 e. The van der Waals surface area contributed by atoms with Crippen molar-refractivity contribution in [2.75, 3.05) is 4.90 Å². The molecule has 34 heavy (non-hydrogen) atoms. The molecule has 1 fully saturated rings. The smallest absolute Gasteiger partial charge is 0.335 e. The van der Waals surface area contributed by atoms with E-state index in [0.717, 1.165) is 15.8 Å². The molecule has 0 spiro atoms. The van der Waals surface area contributed by atoms with Crippen LogP contribution in [0.15, 0.2) is 77.0 Å². The fraction of sp³-hybridized carbons (Fsp3) is 0.0417. The van der Waals surface area contributed by atoms with Gasteiger partial charge in [-0.1, -0.05) is 45.5 Å². The van der Waals surface area contributed by atoms with E-state index in [9.17, 15) is 24.6 Å². The molecule has 0 saturated carbocycles. The second-order valence-electron chi connectivity index (χ2n) is 7.45. The van der Waals surface area contributed by atoms with Crippen LogP contribution in [0.4, 0.5) is 5.13 Å². The first-order chi connectivity index (χ1) is 16.3. The summed E-state index contributed by atoms with van der Waals surface area (Å²) in [6, 6.07) is 13.6. The number of aromatic carboxylic acids is 1. The van der Waals surface area contributed by atoms with Gasteiger partial charge in [0.15, 0.2) is 5.13 Å². The average Bonchev–Trinajstić information content (AvgIpc) is 3.37. The number of carbonyl (C=O) groups is 3.